The molecule has 96 valence electrons. The third-order valence-corrected chi connectivity index (χ3v) is 2.08. The zero-order valence-electron chi connectivity index (χ0n) is 9.33. The summed E-state index contributed by atoms with van der Waals surface area (Å²) in [6.45, 7) is 1.36. The maximum Gasteiger partial charge on any atom is 0.416 e. The first-order chi connectivity index (χ1) is 7.93. The van der Waals surface area contributed by atoms with Crippen LogP contribution in [0.25, 0.3) is 0 Å². The van der Waals surface area contributed by atoms with E-state index >= 15 is 0 Å². The van der Waals surface area contributed by atoms with Gasteiger partial charge in [-0.15, -0.1) is 0 Å². The number of aryl methyl sites for hydroxylation is 1. The molecule has 1 atom stereocenters. The standard InChI is InChI=1S/C10H14F3N3O/c1-2-3-7-4-9(16-6-15-7)14-5-8(17)10(11,12)13/h4,6,8,17H,2-3,5H2,1H3,(H,14,15,16). The van der Waals surface area contributed by atoms with Crippen LogP contribution < -0.4 is 5.32 Å². The highest BCUT2D eigenvalue weighted by molar-refractivity contribution is 5.34. The van der Waals surface area contributed by atoms with E-state index in [4.69, 9.17) is 5.11 Å². The minimum Gasteiger partial charge on any atom is -0.382 e. The Balaban J connectivity index is 2.54. The highest BCUT2D eigenvalue weighted by Gasteiger charge is 2.37. The Morgan fingerprint density at radius 2 is 2.12 bits per heavy atom. The van der Waals surface area contributed by atoms with E-state index in [1.807, 2.05) is 6.92 Å². The first kappa shape index (κ1) is 13.7. The number of nitrogens with one attached hydrogen (secondary N) is 1. The molecule has 1 aromatic heterocycles. The number of nitrogens with zero attached hydrogens (tertiary/aromatic N) is 2. The fourth-order valence-corrected chi connectivity index (χ4v) is 1.20. The van der Waals surface area contributed by atoms with Crippen molar-refractivity contribution in [2.75, 3.05) is 11.9 Å². The Morgan fingerprint density at radius 1 is 1.41 bits per heavy atom. The van der Waals surface area contributed by atoms with Gasteiger partial charge in [0, 0.05) is 11.8 Å². The van der Waals surface area contributed by atoms with Crippen LogP contribution in [0.1, 0.15) is 19.0 Å². The van der Waals surface area contributed by atoms with Crippen LogP contribution in [0.2, 0.25) is 0 Å². The predicted molar refractivity (Wildman–Crippen MR) is 56.6 cm³/mol. The summed E-state index contributed by atoms with van der Waals surface area (Å²) in [5.41, 5.74) is 0.756. The summed E-state index contributed by atoms with van der Waals surface area (Å²) >= 11 is 0. The number of anilines is 1. The number of hydrogen-bond donors (Lipinski definition) is 2. The van der Waals surface area contributed by atoms with Crippen LogP contribution in [0.4, 0.5) is 19.0 Å². The largest absolute Gasteiger partial charge is 0.416 e. The topological polar surface area (TPSA) is 58.0 Å². The van der Waals surface area contributed by atoms with Gasteiger partial charge in [0.25, 0.3) is 0 Å². The molecule has 1 heterocycles. The van der Waals surface area contributed by atoms with E-state index in [1.54, 1.807) is 6.07 Å². The van der Waals surface area contributed by atoms with E-state index in [1.165, 1.54) is 6.33 Å². The van der Waals surface area contributed by atoms with Gasteiger partial charge in [-0.05, 0) is 6.42 Å². The van der Waals surface area contributed by atoms with Gasteiger partial charge in [-0.2, -0.15) is 13.2 Å². The maximum absolute atomic E-state index is 12.0. The Bertz CT molecular complexity index is 357. The average Bonchev–Trinajstić information content (AvgIpc) is 2.25. The van der Waals surface area contributed by atoms with Gasteiger partial charge in [-0.25, -0.2) is 9.97 Å². The summed E-state index contributed by atoms with van der Waals surface area (Å²) in [6, 6.07) is 1.58. The molecule has 0 aromatic carbocycles. The number of alkyl halides is 3. The molecule has 0 amide bonds. The summed E-state index contributed by atoms with van der Waals surface area (Å²) in [6.07, 6.45) is -4.10. The number of aliphatic hydroxyl groups excluding tert-OH is 1. The van der Waals surface area contributed by atoms with Crippen molar-refractivity contribution in [3.8, 4) is 0 Å². The van der Waals surface area contributed by atoms with Crippen molar-refractivity contribution in [2.24, 2.45) is 0 Å². The lowest BCUT2D eigenvalue weighted by molar-refractivity contribution is -0.198. The molecular formula is C10H14F3N3O. The van der Waals surface area contributed by atoms with Gasteiger partial charge in [0.1, 0.15) is 12.1 Å². The summed E-state index contributed by atoms with van der Waals surface area (Å²) < 4.78 is 36.1. The van der Waals surface area contributed by atoms with Crippen molar-refractivity contribution in [3.63, 3.8) is 0 Å². The second-order valence-corrected chi connectivity index (χ2v) is 3.58. The van der Waals surface area contributed by atoms with Crippen LogP contribution in [0.15, 0.2) is 12.4 Å². The minimum absolute atomic E-state index is 0.284. The molecular weight excluding hydrogens is 235 g/mol. The van der Waals surface area contributed by atoms with E-state index in [9.17, 15) is 13.2 Å². The second-order valence-electron chi connectivity index (χ2n) is 3.58. The number of halogens is 3. The molecule has 4 nitrogen and oxygen atoms in total. The lowest BCUT2D eigenvalue weighted by Crippen LogP contribution is -2.35. The van der Waals surface area contributed by atoms with Crippen molar-refractivity contribution in [1.82, 2.24) is 9.97 Å². The lowest BCUT2D eigenvalue weighted by Gasteiger charge is -2.15. The molecule has 7 heteroatoms. The molecule has 17 heavy (non-hydrogen) atoms. The second kappa shape index (κ2) is 5.81. The van der Waals surface area contributed by atoms with E-state index in [0.29, 0.717) is 0 Å². The maximum atomic E-state index is 12.0. The van der Waals surface area contributed by atoms with Gasteiger partial charge in [-0.3, -0.25) is 0 Å². The number of aromatic nitrogens is 2. The fraction of sp³-hybridized carbons (Fsp3) is 0.600. The quantitative estimate of drug-likeness (QED) is 0.835. The Kier molecular flexibility index (Phi) is 4.68. The third kappa shape index (κ3) is 4.56. The molecule has 0 radical (unpaired) electrons. The van der Waals surface area contributed by atoms with Crippen LogP contribution in [0.5, 0.6) is 0 Å². The molecule has 0 saturated heterocycles. The normalized spacial score (nSPS) is 13.5. The Morgan fingerprint density at radius 3 is 2.71 bits per heavy atom. The van der Waals surface area contributed by atoms with Crippen molar-refractivity contribution < 1.29 is 18.3 Å². The first-order valence-corrected chi connectivity index (χ1v) is 5.23. The predicted octanol–water partition coefficient (Wildman–Crippen LogP) is 1.76. The van der Waals surface area contributed by atoms with Crippen molar-refractivity contribution in [3.05, 3.63) is 18.1 Å². The van der Waals surface area contributed by atoms with Crippen LogP contribution in [-0.2, 0) is 6.42 Å². The van der Waals surface area contributed by atoms with E-state index < -0.39 is 18.8 Å². The fourth-order valence-electron chi connectivity index (χ4n) is 1.20. The molecule has 0 aliphatic rings. The zero-order chi connectivity index (χ0) is 12.9. The van der Waals surface area contributed by atoms with Crippen LogP contribution in [0.3, 0.4) is 0 Å². The molecule has 0 bridgehead atoms. The monoisotopic (exact) mass is 249 g/mol. The molecule has 0 aliphatic heterocycles. The van der Waals surface area contributed by atoms with Gasteiger partial charge in [-0.1, -0.05) is 13.3 Å². The summed E-state index contributed by atoms with van der Waals surface area (Å²) in [7, 11) is 0. The summed E-state index contributed by atoms with van der Waals surface area (Å²) in [5.74, 6) is 0.284. The molecule has 2 N–H and O–H groups in total. The van der Waals surface area contributed by atoms with Crippen LogP contribution >= 0.6 is 0 Å². The number of aliphatic hydroxyl groups is 1. The molecule has 1 aromatic rings. The van der Waals surface area contributed by atoms with Gasteiger partial charge in [0.2, 0.25) is 0 Å². The lowest BCUT2D eigenvalue weighted by atomic mass is 10.2. The molecule has 1 rings (SSSR count). The SMILES string of the molecule is CCCc1cc(NCC(O)C(F)(F)F)ncn1. The Labute approximate surface area is 96.9 Å². The Hall–Kier alpha value is -1.37. The van der Waals surface area contributed by atoms with Crippen LogP contribution in [-0.4, -0.2) is 33.9 Å². The van der Waals surface area contributed by atoms with E-state index in [0.717, 1.165) is 18.5 Å². The molecule has 0 spiro atoms. The zero-order valence-corrected chi connectivity index (χ0v) is 9.33. The smallest absolute Gasteiger partial charge is 0.382 e. The summed E-state index contributed by atoms with van der Waals surface area (Å²) in [5, 5.41) is 11.2. The molecule has 0 fully saturated rings. The first-order valence-electron chi connectivity index (χ1n) is 5.23. The molecule has 0 saturated carbocycles. The van der Waals surface area contributed by atoms with E-state index in [2.05, 4.69) is 15.3 Å². The van der Waals surface area contributed by atoms with Gasteiger partial charge < -0.3 is 10.4 Å². The van der Waals surface area contributed by atoms with E-state index in [-0.39, 0.29) is 5.82 Å². The number of hydrogen-bond acceptors (Lipinski definition) is 4. The third-order valence-electron chi connectivity index (χ3n) is 2.08. The minimum atomic E-state index is -4.62. The highest BCUT2D eigenvalue weighted by Crippen LogP contribution is 2.20. The van der Waals surface area contributed by atoms with Crippen molar-refractivity contribution >= 4 is 5.82 Å². The molecule has 0 aliphatic carbocycles. The average molecular weight is 249 g/mol. The highest BCUT2D eigenvalue weighted by atomic mass is 19.4. The molecule has 1 unspecified atom stereocenters. The summed E-state index contributed by atoms with van der Waals surface area (Å²) in [4.78, 5) is 7.74. The number of rotatable bonds is 5. The van der Waals surface area contributed by atoms with Gasteiger partial charge in [0.15, 0.2) is 6.10 Å². The van der Waals surface area contributed by atoms with Crippen molar-refractivity contribution in [1.29, 1.82) is 0 Å². The van der Waals surface area contributed by atoms with Gasteiger partial charge >= 0.3 is 6.18 Å². The van der Waals surface area contributed by atoms with Crippen LogP contribution in [0, 0.1) is 0 Å². The van der Waals surface area contributed by atoms with Gasteiger partial charge in [0.05, 0.1) is 6.54 Å². The van der Waals surface area contributed by atoms with Crippen molar-refractivity contribution in [2.45, 2.75) is 32.0 Å².